The van der Waals surface area contributed by atoms with Crippen LogP contribution >= 0.6 is 0 Å². The Morgan fingerprint density at radius 1 is 1.21 bits per heavy atom. The highest BCUT2D eigenvalue weighted by Crippen LogP contribution is 2.43. The molecule has 1 N–H and O–H groups in total. The third-order valence-corrected chi connectivity index (χ3v) is 7.20. The van der Waals surface area contributed by atoms with Crippen LogP contribution in [0.4, 0.5) is 20.7 Å². The molecule has 1 amide bonds. The molecule has 182 valence electrons. The average Bonchev–Trinajstić information content (AvgIpc) is 3.22. The Hall–Kier alpha value is -3.14. The lowest BCUT2D eigenvalue weighted by Gasteiger charge is -2.35. The predicted octanol–water partition coefficient (Wildman–Crippen LogP) is 3.52. The fourth-order valence-electron chi connectivity index (χ4n) is 5.38. The lowest BCUT2D eigenvalue weighted by atomic mass is 9.88. The number of fused-ring (bicyclic) bond motifs is 2. The first-order chi connectivity index (χ1) is 16.4. The van der Waals surface area contributed by atoms with Crippen molar-refractivity contribution in [1.29, 1.82) is 0 Å². The van der Waals surface area contributed by atoms with E-state index in [0.29, 0.717) is 68.3 Å². The van der Waals surface area contributed by atoms with Gasteiger partial charge in [-0.3, -0.25) is 9.48 Å². The van der Waals surface area contributed by atoms with E-state index in [9.17, 15) is 19.1 Å². The number of methoxy groups -OCH3 is 1. The molecule has 1 fully saturated rings. The van der Waals surface area contributed by atoms with Crippen molar-refractivity contribution in [2.45, 2.75) is 51.1 Å². The molecule has 0 bridgehead atoms. The van der Waals surface area contributed by atoms with Crippen LogP contribution in [-0.4, -0.2) is 65.3 Å². The molecule has 0 radical (unpaired) electrons. The number of halogens is 1. The number of carboxylic acids is 1. The first-order valence-electron chi connectivity index (χ1n) is 11.7. The van der Waals surface area contributed by atoms with E-state index in [1.807, 2.05) is 4.90 Å². The summed E-state index contributed by atoms with van der Waals surface area (Å²) in [6.45, 7) is 4.23. The Kier molecular flexibility index (Phi) is 5.93. The monoisotopic (exact) mass is 472 g/mol. The molecule has 4 heterocycles. The number of aliphatic carboxylic acids is 1. The van der Waals surface area contributed by atoms with Gasteiger partial charge in [0.15, 0.2) is 5.82 Å². The van der Waals surface area contributed by atoms with Crippen LogP contribution in [0.25, 0.3) is 0 Å². The molecule has 0 saturated carbocycles. The van der Waals surface area contributed by atoms with Crippen molar-refractivity contribution in [3.05, 3.63) is 40.3 Å². The number of benzene rings is 1. The van der Waals surface area contributed by atoms with Gasteiger partial charge in [0.25, 0.3) is 0 Å². The van der Waals surface area contributed by atoms with Gasteiger partial charge in [0.2, 0.25) is 0 Å². The summed E-state index contributed by atoms with van der Waals surface area (Å²) in [7, 11) is 1.36. The molecule has 1 aromatic heterocycles. The van der Waals surface area contributed by atoms with Gasteiger partial charge in [0, 0.05) is 49.7 Å². The summed E-state index contributed by atoms with van der Waals surface area (Å²) < 4.78 is 27.2. The van der Waals surface area contributed by atoms with Crippen molar-refractivity contribution in [1.82, 2.24) is 14.7 Å². The molecule has 9 nitrogen and oxygen atoms in total. The zero-order valence-corrected chi connectivity index (χ0v) is 19.4. The largest absolute Gasteiger partial charge is 0.481 e. The van der Waals surface area contributed by atoms with Crippen LogP contribution in [0.5, 0.6) is 0 Å². The zero-order chi connectivity index (χ0) is 24.0. The standard InChI is InChI=1S/C24H29FN4O5/c1-14-11-17-16(23(30)31)3-8-28(21(17)12-19(14)25)22-18-13-27(24(32)33-2)7-4-20(18)29(26-22)15-5-9-34-10-6-15/h11-12,15-16H,3-10,13H2,1-2H3,(H,30,31). The van der Waals surface area contributed by atoms with Crippen molar-refractivity contribution in [2.24, 2.45) is 0 Å². The normalized spacial score (nSPS) is 20.6. The van der Waals surface area contributed by atoms with Crippen molar-refractivity contribution in [3.63, 3.8) is 0 Å². The molecule has 5 rings (SSSR count). The lowest BCUT2D eigenvalue weighted by molar-refractivity contribution is -0.139. The molecular weight excluding hydrogens is 443 g/mol. The number of aromatic nitrogens is 2. The number of rotatable bonds is 3. The van der Waals surface area contributed by atoms with Gasteiger partial charge in [0.05, 0.1) is 25.6 Å². The van der Waals surface area contributed by atoms with E-state index in [1.54, 1.807) is 17.9 Å². The molecule has 10 heteroatoms. The molecule has 2 aromatic rings. The van der Waals surface area contributed by atoms with Gasteiger partial charge < -0.3 is 24.4 Å². The van der Waals surface area contributed by atoms with Crippen LogP contribution in [0.1, 0.15) is 53.6 Å². The summed E-state index contributed by atoms with van der Waals surface area (Å²) in [5, 5.41) is 14.8. The number of anilines is 2. The van der Waals surface area contributed by atoms with Crippen LogP contribution in [0.3, 0.4) is 0 Å². The maximum absolute atomic E-state index is 14.7. The van der Waals surface area contributed by atoms with Gasteiger partial charge in [-0.2, -0.15) is 5.10 Å². The predicted molar refractivity (Wildman–Crippen MR) is 121 cm³/mol. The molecule has 34 heavy (non-hydrogen) atoms. The Labute approximate surface area is 197 Å². The van der Waals surface area contributed by atoms with Crippen LogP contribution in [0, 0.1) is 12.7 Å². The Bertz CT molecular complexity index is 1130. The number of hydrogen-bond donors (Lipinski definition) is 1. The van der Waals surface area contributed by atoms with Gasteiger partial charge in [0.1, 0.15) is 5.82 Å². The van der Waals surface area contributed by atoms with Gasteiger partial charge in [-0.25, -0.2) is 9.18 Å². The van der Waals surface area contributed by atoms with E-state index >= 15 is 0 Å². The summed E-state index contributed by atoms with van der Waals surface area (Å²) in [5.74, 6) is -1.35. The number of nitrogens with zero attached hydrogens (tertiary/aromatic N) is 4. The van der Waals surface area contributed by atoms with Crippen LogP contribution in [0.15, 0.2) is 12.1 Å². The number of hydrogen-bond acceptors (Lipinski definition) is 6. The van der Waals surface area contributed by atoms with E-state index in [-0.39, 0.29) is 11.9 Å². The van der Waals surface area contributed by atoms with E-state index < -0.39 is 18.0 Å². The molecule has 1 unspecified atom stereocenters. The Morgan fingerprint density at radius 3 is 2.68 bits per heavy atom. The number of amides is 1. The van der Waals surface area contributed by atoms with E-state index in [0.717, 1.165) is 24.1 Å². The molecule has 1 aromatic carbocycles. The molecule has 3 aliphatic rings. The molecule has 0 aliphatic carbocycles. The maximum atomic E-state index is 14.7. The average molecular weight is 473 g/mol. The van der Waals surface area contributed by atoms with Gasteiger partial charge in [-0.1, -0.05) is 6.07 Å². The fraction of sp³-hybridized carbons (Fsp3) is 0.542. The molecule has 0 spiro atoms. The van der Waals surface area contributed by atoms with Gasteiger partial charge in [-0.05, 0) is 43.4 Å². The molecule has 1 atom stereocenters. The van der Waals surface area contributed by atoms with Gasteiger partial charge >= 0.3 is 12.1 Å². The summed E-state index contributed by atoms with van der Waals surface area (Å²) in [4.78, 5) is 27.8. The Balaban J connectivity index is 1.63. The highest BCUT2D eigenvalue weighted by atomic mass is 19.1. The van der Waals surface area contributed by atoms with Crippen molar-refractivity contribution < 1.29 is 28.6 Å². The van der Waals surface area contributed by atoms with Crippen molar-refractivity contribution >= 4 is 23.6 Å². The van der Waals surface area contributed by atoms with E-state index in [1.165, 1.54) is 13.2 Å². The minimum absolute atomic E-state index is 0.187. The number of ether oxygens (including phenoxy) is 2. The van der Waals surface area contributed by atoms with Gasteiger partial charge in [-0.15, -0.1) is 0 Å². The Morgan fingerprint density at radius 2 is 1.97 bits per heavy atom. The number of carboxylic acid groups (broad SMARTS) is 1. The lowest BCUT2D eigenvalue weighted by Crippen LogP contribution is -2.37. The van der Waals surface area contributed by atoms with Crippen molar-refractivity contribution in [3.8, 4) is 0 Å². The molecule has 3 aliphatic heterocycles. The highest BCUT2D eigenvalue weighted by molar-refractivity contribution is 5.83. The quantitative estimate of drug-likeness (QED) is 0.730. The first kappa shape index (κ1) is 22.6. The third-order valence-electron chi connectivity index (χ3n) is 7.20. The zero-order valence-electron chi connectivity index (χ0n) is 19.4. The second kappa shape index (κ2) is 8.90. The molecular formula is C24H29FN4O5. The SMILES string of the molecule is COC(=O)N1CCc2c(c(N3CCC(C(=O)O)c4cc(C)c(F)cc43)nn2C2CCOCC2)C1. The van der Waals surface area contributed by atoms with E-state index in [4.69, 9.17) is 14.6 Å². The first-order valence-corrected chi connectivity index (χ1v) is 11.7. The van der Waals surface area contributed by atoms with Crippen LogP contribution in [0.2, 0.25) is 0 Å². The molecule has 1 saturated heterocycles. The second-order valence-electron chi connectivity index (χ2n) is 9.17. The highest BCUT2D eigenvalue weighted by Gasteiger charge is 2.37. The number of carbonyl (C=O) groups excluding carboxylic acids is 1. The van der Waals surface area contributed by atoms with Crippen LogP contribution in [-0.2, 0) is 27.2 Å². The summed E-state index contributed by atoms with van der Waals surface area (Å²) in [6, 6.07) is 3.24. The summed E-state index contributed by atoms with van der Waals surface area (Å²) in [5.41, 5.74) is 3.50. The smallest absolute Gasteiger partial charge is 0.409 e. The maximum Gasteiger partial charge on any atom is 0.409 e. The summed E-state index contributed by atoms with van der Waals surface area (Å²) >= 11 is 0. The summed E-state index contributed by atoms with van der Waals surface area (Å²) in [6.07, 6.45) is 2.31. The second-order valence-corrected chi connectivity index (χ2v) is 9.17. The minimum Gasteiger partial charge on any atom is -0.481 e. The number of aryl methyl sites for hydroxylation is 1. The fourth-order valence-corrected chi connectivity index (χ4v) is 5.38. The topological polar surface area (TPSA) is 97.1 Å². The number of carbonyl (C=O) groups is 2. The third kappa shape index (κ3) is 3.79. The van der Waals surface area contributed by atoms with Crippen LogP contribution < -0.4 is 4.90 Å². The van der Waals surface area contributed by atoms with E-state index in [2.05, 4.69) is 4.68 Å². The van der Waals surface area contributed by atoms with Crippen molar-refractivity contribution in [2.75, 3.05) is 38.3 Å². The minimum atomic E-state index is -0.918.